The van der Waals surface area contributed by atoms with Crippen LogP contribution in [0.1, 0.15) is 34.8 Å². The monoisotopic (exact) mass is 352 g/mol. The first-order valence-corrected chi connectivity index (χ1v) is 8.81. The van der Waals surface area contributed by atoms with Crippen LogP contribution in [0.25, 0.3) is 0 Å². The molecule has 0 aliphatic carbocycles. The third kappa shape index (κ3) is 4.20. The number of pyridine rings is 1. The lowest BCUT2D eigenvalue weighted by molar-refractivity contribution is -0.128. The fourth-order valence-electron chi connectivity index (χ4n) is 3.08. The van der Waals surface area contributed by atoms with Gasteiger partial charge < -0.3 is 15.1 Å². The summed E-state index contributed by atoms with van der Waals surface area (Å²) in [7, 11) is 3.77. The molecule has 0 unspecified atom stereocenters. The second-order valence-electron chi connectivity index (χ2n) is 6.68. The van der Waals surface area contributed by atoms with E-state index in [2.05, 4.69) is 10.3 Å². The van der Waals surface area contributed by atoms with Gasteiger partial charge in [0.1, 0.15) is 5.82 Å². The van der Waals surface area contributed by atoms with Crippen LogP contribution in [0.3, 0.4) is 0 Å². The Labute approximate surface area is 153 Å². The summed E-state index contributed by atoms with van der Waals surface area (Å²) in [6.07, 6.45) is 3.10. The lowest BCUT2D eigenvalue weighted by Gasteiger charge is -2.25. The summed E-state index contributed by atoms with van der Waals surface area (Å²) in [5.41, 5.74) is 1.54. The first-order chi connectivity index (χ1) is 12.5. The number of nitrogens with zero attached hydrogens (tertiary/aromatic N) is 3. The summed E-state index contributed by atoms with van der Waals surface area (Å²) in [4.78, 5) is 32.7. The lowest BCUT2D eigenvalue weighted by atomic mass is 10.1. The van der Waals surface area contributed by atoms with E-state index < -0.39 is 0 Å². The van der Waals surface area contributed by atoms with Gasteiger partial charge in [-0.15, -0.1) is 0 Å². The molecule has 0 saturated carbocycles. The number of aromatic nitrogens is 1. The van der Waals surface area contributed by atoms with Crippen molar-refractivity contribution in [1.29, 1.82) is 0 Å². The molecule has 1 aromatic carbocycles. The number of amides is 2. The van der Waals surface area contributed by atoms with E-state index in [1.54, 1.807) is 18.3 Å². The molecule has 1 aliphatic heterocycles. The number of likely N-dealkylation sites (tertiary alicyclic amines) is 1. The van der Waals surface area contributed by atoms with E-state index in [1.807, 2.05) is 54.2 Å². The van der Waals surface area contributed by atoms with Crippen molar-refractivity contribution in [3.63, 3.8) is 0 Å². The van der Waals surface area contributed by atoms with Gasteiger partial charge in [-0.2, -0.15) is 0 Å². The van der Waals surface area contributed by atoms with E-state index in [9.17, 15) is 9.59 Å². The third-order valence-electron chi connectivity index (χ3n) is 4.55. The maximum absolute atomic E-state index is 12.8. The summed E-state index contributed by atoms with van der Waals surface area (Å²) in [5, 5.41) is 3.08. The van der Waals surface area contributed by atoms with Crippen LogP contribution in [-0.4, -0.2) is 48.9 Å². The number of anilines is 1. The van der Waals surface area contributed by atoms with Crippen LogP contribution in [0.2, 0.25) is 0 Å². The van der Waals surface area contributed by atoms with Crippen molar-refractivity contribution < 1.29 is 9.59 Å². The van der Waals surface area contributed by atoms with Crippen molar-refractivity contribution in [2.75, 3.05) is 32.1 Å². The summed E-state index contributed by atoms with van der Waals surface area (Å²) in [6, 6.07) is 13.0. The molecular weight excluding hydrogens is 328 g/mol. The van der Waals surface area contributed by atoms with Crippen LogP contribution in [0.5, 0.6) is 0 Å². The Morgan fingerprint density at radius 2 is 2.04 bits per heavy atom. The van der Waals surface area contributed by atoms with E-state index in [1.165, 1.54) is 0 Å². The number of hydrogen-bond acceptors (Lipinski definition) is 4. The molecule has 136 valence electrons. The summed E-state index contributed by atoms with van der Waals surface area (Å²) in [5.74, 6) is 0.707. The standard InChI is InChI=1S/C20H24N4O2/c1-23(2)18-13-16(10-11-21-18)20(26)22-17(15-7-4-3-5-8-15)14-24-12-6-9-19(24)25/h3-5,7-8,10-11,13,17H,6,9,12,14H2,1-2H3,(H,22,26)/t17-/m0/s1. The van der Waals surface area contributed by atoms with Gasteiger partial charge in [0.25, 0.3) is 5.91 Å². The van der Waals surface area contributed by atoms with Crippen LogP contribution >= 0.6 is 0 Å². The van der Waals surface area contributed by atoms with Crippen LogP contribution in [-0.2, 0) is 4.79 Å². The number of benzene rings is 1. The van der Waals surface area contributed by atoms with E-state index in [-0.39, 0.29) is 17.9 Å². The summed E-state index contributed by atoms with van der Waals surface area (Å²) < 4.78 is 0. The molecule has 3 rings (SSSR count). The molecule has 2 amide bonds. The number of carbonyl (C=O) groups is 2. The van der Waals surface area contributed by atoms with E-state index >= 15 is 0 Å². The van der Waals surface area contributed by atoms with E-state index in [0.29, 0.717) is 18.5 Å². The average molecular weight is 352 g/mol. The first kappa shape index (κ1) is 17.9. The van der Waals surface area contributed by atoms with E-state index in [0.717, 1.165) is 24.3 Å². The fraction of sp³-hybridized carbons (Fsp3) is 0.350. The summed E-state index contributed by atoms with van der Waals surface area (Å²) >= 11 is 0. The number of hydrogen-bond donors (Lipinski definition) is 1. The molecule has 0 radical (unpaired) electrons. The van der Waals surface area contributed by atoms with Gasteiger partial charge in [-0.3, -0.25) is 9.59 Å². The minimum absolute atomic E-state index is 0.152. The maximum atomic E-state index is 12.8. The van der Waals surface area contributed by atoms with Gasteiger partial charge in [0.2, 0.25) is 5.91 Å². The van der Waals surface area contributed by atoms with Crippen molar-refractivity contribution >= 4 is 17.6 Å². The normalized spacial score (nSPS) is 15.0. The lowest BCUT2D eigenvalue weighted by Crippen LogP contribution is -2.38. The Morgan fingerprint density at radius 3 is 2.69 bits per heavy atom. The largest absolute Gasteiger partial charge is 0.363 e. The Hall–Kier alpha value is -2.89. The second kappa shape index (κ2) is 7.99. The topological polar surface area (TPSA) is 65.5 Å². The predicted octanol–water partition coefficient (Wildman–Crippen LogP) is 2.24. The molecule has 2 heterocycles. The number of nitrogens with one attached hydrogen (secondary N) is 1. The molecule has 1 atom stereocenters. The minimum atomic E-state index is -0.248. The molecule has 1 N–H and O–H groups in total. The molecule has 1 aliphatic rings. The van der Waals surface area contributed by atoms with Gasteiger partial charge in [-0.25, -0.2) is 4.98 Å². The Morgan fingerprint density at radius 1 is 1.27 bits per heavy atom. The molecule has 1 fully saturated rings. The quantitative estimate of drug-likeness (QED) is 0.866. The maximum Gasteiger partial charge on any atom is 0.252 e. The minimum Gasteiger partial charge on any atom is -0.363 e. The van der Waals surface area contributed by atoms with Gasteiger partial charge in [0, 0.05) is 45.4 Å². The van der Waals surface area contributed by atoms with Gasteiger partial charge in [-0.05, 0) is 24.1 Å². The smallest absolute Gasteiger partial charge is 0.252 e. The molecular formula is C20H24N4O2. The fourth-order valence-corrected chi connectivity index (χ4v) is 3.08. The highest BCUT2D eigenvalue weighted by atomic mass is 16.2. The van der Waals surface area contributed by atoms with Crippen molar-refractivity contribution in [1.82, 2.24) is 15.2 Å². The molecule has 26 heavy (non-hydrogen) atoms. The summed E-state index contributed by atoms with van der Waals surface area (Å²) in [6.45, 7) is 1.23. The zero-order chi connectivity index (χ0) is 18.5. The Kier molecular flexibility index (Phi) is 5.51. The highest BCUT2D eigenvalue weighted by Gasteiger charge is 2.25. The average Bonchev–Trinajstić information content (AvgIpc) is 3.06. The zero-order valence-electron chi connectivity index (χ0n) is 15.2. The Balaban J connectivity index is 1.79. The van der Waals surface area contributed by atoms with Crippen molar-refractivity contribution in [3.8, 4) is 0 Å². The second-order valence-corrected chi connectivity index (χ2v) is 6.68. The van der Waals surface area contributed by atoms with Gasteiger partial charge in [0.15, 0.2) is 0 Å². The van der Waals surface area contributed by atoms with Crippen LogP contribution in [0.15, 0.2) is 48.7 Å². The molecule has 0 bridgehead atoms. The van der Waals surface area contributed by atoms with Gasteiger partial charge >= 0.3 is 0 Å². The highest BCUT2D eigenvalue weighted by molar-refractivity contribution is 5.95. The Bertz CT molecular complexity index is 776. The van der Waals surface area contributed by atoms with Gasteiger partial charge in [0.05, 0.1) is 6.04 Å². The molecule has 2 aromatic rings. The van der Waals surface area contributed by atoms with Crippen LogP contribution in [0.4, 0.5) is 5.82 Å². The van der Waals surface area contributed by atoms with Crippen molar-refractivity contribution in [3.05, 3.63) is 59.8 Å². The van der Waals surface area contributed by atoms with Crippen LogP contribution < -0.4 is 10.2 Å². The SMILES string of the molecule is CN(C)c1cc(C(=O)N[C@@H](CN2CCCC2=O)c2ccccc2)ccn1. The van der Waals surface area contributed by atoms with Gasteiger partial charge in [-0.1, -0.05) is 30.3 Å². The van der Waals surface area contributed by atoms with Crippen molar-refractivity contribution in [2.45, 2.75) is 18.9 Å². The zero-order valence-corrected chi connectivity index (χ0v) is 15.2. The van der Waals surface area contributed by atoms with Crippen molar-refractivity contribution in [2.24, 2.45) is 0 Å². The van der Waals surface area contributed by atoms with Crippen LogP contribution in [0, 0.1) is 0 Å². The highest BCUT2D eigenvalue weighted by Crippen LogP contribution is 2.19. The third-order valence-corrected chi connectivity index (χ3v) is 4.55. The predicted molar refractivity (Wildman–Crippen MR) is 101 cm³/mol. The molecule has 1 saturated heterocycles. The molecule has 6 nitrogen and oxygen atoms in total. The molecule has 1 aromatic heterocycles. The molecule has 6 heteroatoms. The first-order valence-electron chi connectivity index (χ1n) is 8.81. The van der Waals surface area contributed by atoms with E-state index in [4.69, 9.17) is 0 Å². The molecule has 0 spiro atoms. The number of carbonyl (C=O) groups excluding carboxylic acids is 2. The number of rotatable bonds is 6.